The molecule has 27 heavy (non-hydrogen) atoms. The summed E-state index contributed by atoms with van der Waals surface area (Å²) in [6.07, 6.45) is 2.25. The van der Waals surface area contributed by atoms with Crippen molar-refractivity contribution in [1.82, 2.24) is 35.6 Å². The van der Waals surface area contributed by atoms with Crippen LogP contribution in [0.25, 0.3) is 22.7 Å². The van der Waals surface area contributed by atoms with Crippen LogP contribution in [0.15, 0.2) is 44.4 Å². The summed E-state index contributed by atoms with van der Waals surface area (Å²) in [6, 6.07) is 10.2. The molecule has 5 rings (SSSR count). The van der Waals surface area contributed by atoms with E-state index in [-0.39, 0.29) is 0 Å². The molecule has 4 aromatic rings. The lowest BCUT2D eigenvalue weighted by molar-refractivity contribution is 0.399. The van der Waals surface area contributed by atoms with Gasteiger partial charge in [-0.15, -0.1) is 15.3 Å². The summed E-state index contributed by atoms with van der Waals surface area (Å²) in [5, 5.41) is 25.1. The number of nitrogens with zero attached hydrogens (tertiary/aromatic N) is 7. The first-order valence-corrected chi connectivity index (χ1v) is 9.53. The molecule has 0 N–H and O–H groups in total. The molecule has 0 amide bonds. The van der Waals surface area contributed by atoms with Crippen LogP contribution in [0.4, 0.5) is 0 Å². The summed E-state index contributed by atoms with van der Waals surface area (Å²) in [6.45, 7) is 1.83. The lowest BCUT2D eigenvalue weighted by Gasteiger charge is -1.99. The number of rotatable bonds is 6. The molecule has 9 nitrogen and oxygen atoms in total. The Labute approximate surface area is 158 Å². The van der Waals surface area contributed by atoms with Gasteiger partial charge in [-0.05, 0) is 30.2 Å². The maximum Gasteiger partial charge on any atom is 0.253 e. The molecule has 0 aliphatic heterocycles. The van der Waals surface area contributed by atoms with Gasteiger partial charge in [0.2, 0.25) is 11.0 Å². The van der Waals surface area contributed by atoms with Crippen molar-refractivity contribution in [2.24, 2.45) is 0 Å². The molecule has 1 saturated carbocycles. The second kappa shape index (κ2) is 6.62. The Bertz CT molecular complexity index is 1070. The Morgan fingerprint density at radius 2 is 2.00 bits per heavy atom. The van der Waals surface area contributed by atoms with Gasteiger partial charge in [0.15, 0.2) is 0 Å². The molecule has 10 heteroatoms. The maximum absolute atomic E-state index is 5.86. The minimum Gasteiger partial charge on any atom is -0.420 e. The molecule has 1 aliphatic rings. The predicted molar refractivity (Wildman–Crippen MR) is 95.6 cm³/mol. The van der Waals surface area contributed by atoms with E-state index in [1.54, 1.807) is 0 Å². The molecule has 0 saturated heterocycles. The summed E-state index contributed by atoms with van der Waals surface area (Å²) in [4.78, 5) is 0. The zero-order valence-electron chi connectivity index (χ0n) is 14.4. The fourth-order valence-electron chi connectivity index (χ4n) is 2.79. The van der Waals surface area contributed by atoms with Crippen molar-refractivity contribution in [2.45, 2.75) is 36.7 Å². The average molecular weight is 381 g/mol. The van der Waals surface area contributed by atoms with Crippen LogP contribution in [0.1, 0.15) is 30.5 Å². The molecule has 1 fully saturated rings. The Balaban J connectivity index is 1.38. The summed E-state index contributed by atoms with van der Waals surface area (Å²) in [5.41, 5.74) is 2.34. The molecular formula is C17H15N7O2S. The topological polar surface area (TPSA) is 109 Å². The minimum absolute atomic E-state index is 0.394. The van der Waals surface area contributed by atoms with Gasteiger partial charge < -0.3 is 8.94 Å². The van der Waals surface area contributed by atoms with Gasteiger partial charge in [-0.3, -0.25) is 0 Å². The molecule has 3 aromatic heterocycles. The third-order valence-electron chi connectivity index (χ3n) is 4.27. The summed E-state index contributed by atoms with van der Waals surface area (Å²) in [5.74, 6) is 2.02. The van der Waals surface area contributed by atoms with Gasteiger partial charge in [-0.2, -0.15) is 0 Å². The quantitative estimate of drug-likeness (QED) is 0.465. The molecule has 136 valence electrons. The number of aryl methyl sites for hydroxylation is 1. The van der Waals surface area contributed by atoms with Crippen LogP contribution in [0, 0.1) is 6.92 Å². The number of benzene rings is 1. The number of hydrogen-bond donors (Lipinski definition) is 0. The molecule has 0 spiro atoms. The average Bonchev–Trinajstić information content (AvgIpc) is 3.08. The van der Waals surface area contributed by atoms with Gasteiger partial charge in [-0.25, -0.2) is 4.68 Å². The second-order valence-electron chi connectivity index (χ2n) is 6.26. The fourth-order valence-corrected chi connectivity index (χ4v) is 3.57. The van der Waals surface area contributed by atoms with E-state index in [9.17, 15) is 0 Å². The molecule has 3 heterocycles. The van der Waals surface area contributed by atoms with Gasteiger partial charge in [0.05, 0.1) is 11.8 Å². The van der Waals surface area contributed by atoms with Gasteiger partial charge >= 0.3 is 0 Å². The van der Waals surface area contributed by atoms with E-state index in [0.717, 1.165) is 23.6 Å². The third-order valence-corrected chi connectivity index (χ3v) is 5.19. The molecule has 1 aromatic carbocycles. The highest BCUT2D eigenvalue weighted by Gasteiger charge is 2.28. The SMILES string of the molecule is Cc1onc(-c2ccccc2)c1-c1nnc(CSc2nnnn2C2CC2)o1. The summed E-state index contributed by atoms with van der Waals surface area (Å²) >= 11 is 1.48. The van der Waals surface area contributed by atoms with Crippen LogP contribution in [0.2, 0.25) is 0 Å². The van der Waals surface area contributed by atoms with E-state index in [4.69, 9.17) is 8.94 Å². The molecule has 1 aliphatic carbocycles. The van der Waals surface area contributed by atoms with E-state index in [1.807, 2.05) is 41.9 Å². The molecule has 0 radical (unpaired) electrons. The number of aromatic nitrogens is 7. The maximum atomic E-state index is 5.86. The minimum atomic E-state index is 0.394. The Kier molecular flexibility index (Phi) is 3.97. The van der Waals surface area contributed by atoms with Crippen LogP contribution in [0.3, 0.4) is 0 Å². The van der Waals surface area contributed by atoms with Crippen molar-refractivity contribution in [3.63, 3.8) is 0 Å². The lowest BCUT2D eigenvalue weighted by Crippen LogP contribution is -1.98. The second-order valence-corrected chi connectivity index (χ2v) is 7.20. The Hall–Kier alpha value is -3.01. The van der Waals surface area contributed by atoms with Crippen LogP contribution in [-0.2, 0) is 5.75 Å². The molecule has 0 bridgehead atoms. The highest BCUT2D eigenvalue weighted by Crippen LogP contribution is 2.37. The first-order chi connectivity index (χ1) is 13.3. The van der Waals surface area contributed by atoms with Crippen LogP contribution < -0.4 is 0 Å². The summed E-state index contributed by atoms with van der Waals surface area (Å²) in [7, 11) is 0. The van der Waals surface area contributed by atoms with Gasteiger partial charge in [0, 0.05) is 5.56 Å². The molecular weight excluding hydrogens is 366 g/mol. The van der Waals surface area contributed by atoms with Gasteiger partial charge in [0.25, 0.3) is 5.89 Å². The van der Waals surface area contributed by atoms with Crippen molar-refractivity contribution in [2.75, 3.05) is 0 Å². The zero-order valence-corrected chi connectivity index (χ0v) is 15.3. The van der Waals surface area contributed by atoms with Crippen LogP contribution in [-0.4, -0.2) is 35.6 Å². The Morgan fingerprint density at radius 3 is 2.81 bits per heavy atom. The van der Waals surface area contributed by atoms with E-state index in [0.29, 0.717) is 40.6 Å². The van der Waals surface area contributed by atoms with Gasteiger partial charge in [-0.1, -0.05) is 47.3 Å². The van der Waals surface area contributed by atoms with Crippen molar-refractivity contribution >= 4 is 11.8 Å². The highest BCUT2D eigenvalue weighted by molar-refractivity contribution is 7.98. The van der Waals surface area contributed by atoms with E-state index < -0.39 is 0 Å². The number of thioether (sulfide) groups is 1. The smallest absolute Gasteiger partial charge is 0.253 e. The van der Waals surface area contributed by atoms with Crippen molar-refractivity contribution in [1.29, 1.82) is 0 Å². The largest absolute Gasteiger partial charge is 0.420 e. The van der Waals surface area contributed by atoms with E-state index in [2.05, 4.69) is 30.9 Å². The lowest BCUT2D eigenvalue weighted by atomic mass is 10.1. The molecule has 0 atom stereocenters. The highest BCUT2D eigenvalue weighted by atomic mass is 32.2. The van der Waals surface area contributed by atoms with Gasteiger partial charge in [0.1, 0.15) is 17.0 Å². The Morgan fingerprint density at radius 1 is 1.15 bits per heavy atom. The number of hydrogen-bond acceptors (Lipinski definition) is 9. The van der Waals surface area contributed by atoms with Crippen LogP contribution >= 0.6 is 11.8 Å². The fraction of sp³-hybridized carbons (Fsp3) is 0.294. The predicted octanol–water partition coefficient (Wildman–Crippen LogP) is 3.31. The first-order valence-electron chi connectivity index (χ1n) is 8.54. The number of tetrazole rings is 1. The van der Waals surface area contributed by atoms with Crippen molar-refractivity contribution in [3.05, 3.63) is 42.0 Å². The van der Waals surface area contributed by atoms with Crippen molar-refractivity contribution in [3.8, 4) is 22.7 Å². The monoisotopic (exact) mass is 381 g/mol. The first kappa shape index (κ1) is 16.2. The standard InChI is InChI=1S/C17H15N7O2S/c1-10-14(15(21-26-10)11-5-3-2-4-6-11)16-19-18-13(25-16)9-27-17-20-22-23-24(17)12-7-8-12/h2-6,12H,7-9H2,1H3. The summed E-state index contributed by atoms with van der Waals surface area (Å²) < 4.78 is 13.1. The normalized spacial score (nSPS) is 14.0. The zero-order chi connectivity index (χ0) is 18.2. The van der Waals surface area contributed by atoms with Crippen molar-refractivity contribution < 1.29 is 8.94 Å². The third kappa shape index (κ3) is 3.12. The van der Waals surface area contributed by atoms with Crippen LogP contribution in [0.5, 0.6) is 0 Å². The molecule has 0 unspecified atom stereocenters. The van der Waals surface area contributed by atoms with E-state index >= 15 is 0 Å². The van der Waals surface area contributed by atoms with E-state index in [1.165, 1.54) is 11.8 Å².